The van der Waals surface area contributed by atoms with Gasteiger partial charge in [0, 0.05) is 13.1 Å². The molecule has 7 heteroatoms. The summed E-state index contributed by atoms with van der Waals surface area (Å²) in [5.74, 6) is -1.21. The van der Waals surface area contributed by atoms with E-state index in [0.29, 0.717) is 17.1 Å². The van der Waals surface area contributed by atoms with Crippen LogP contribution < -0.4 is 0 Å². The Kier molecular flexibility index (Phi) is 6.47. The monoisotopic (exact) mass is 467 g/mol. The number of nitrogens with zero attached hydrogens (tertiary/aromatic N) is 3. The zero-order chi connectivity index (χ0) is 23.9. The van der Waals surface area contributed by atoms with Crippen molar-refractivity contribution in [1.29, 1.82) is 0 Å². The van der Waals surface area contributed by atoms with Crippen molar-refractivity contribution < 1.29 is 14.7 Å². The lowest BCUT2D eigenvalue weighted by Gasteiger charge is -2.29. The first-order chi connectivity index (χ1) is 15.6. The predicted octanol–water partition coefficient (Wildman–Crippen LogP) is 4.73. The van der Waals surface area contributed by atoms with E-state index in [0.717, 1.165) is 30.2 Å². The molecule has 2 aromatic rings. The van der Waals surface area contributed by atoms with Crippen LogP contribution in [0.25, 0.3) is 0 Å². The molecule has 1 unspecified atom stereocenters. The number of carbonyl (C=O) groups is 2. The molecule has 6 nitrogen and oxygen atoms in total. The van der Waals surface area contributed by atoms with E-state index in [-0.39, 0.29) is 16.8 Å². The molecule has 1 saturated heterocycles. The molecule has 0 spiro atoms. The summed E-state index contributed by atoms with van der Waals surface area (Å²) in [6.45, 7) is 13.4. The van der Waals surface area contributed by atoms with Crippen LogP contribution in [0.5, 0.6) is 0 Å². The number of aryl methyl sites for hydroxylation is 2. The minimum atomic E-state index is -0.608. The van der Waals surface area contributed by atoms with Crippen LogP contribution in [0, 0.1) is 13.8 Å². The Morgan fingerprint density at radius 3 is 2.30 bits per heavy atom. The molecule has 176 valence electrons. The molecular formula is C26H33N3O3S. The molecule has 4 rings (SSSR count). The zero-order valence-electron chi connectivity index (χ0n) is 20.1. The van der Waals surface area contributed by atoms with E-state index < -0.39 is 17.7 Å². The minimum Gasteiger partial charge on any atom is -0.503 e. The van der Waals surface area contributed by atoms with Crippen molar-refractivity contribution in [3.05, 3.63) is 62.3 Å². The molecule has 2 aliphatic rings. The average Bonchev–Trinajstić information content (AvgIpc) is 3.45. The summed E-state index contributed by atoms with van der Waals surface area (Å²) >= 11 is 1.31. The molecule has 1 amide bonds. The number of hydrogen-bond acceptors (Lipinski definition) is 6. The van der Waals surface area contributed by atoms with E-state index in [1.807, 2.05) is 19.1 Å². The highest BCUT2D eigenvalue weighted by Gasteiger charge is 2.44. The van der Waals surface area contributed by atoms with E-state index in [2.05, 4.69) is 42.8 Å². The van der Waals surface area contributed by atoms with Crippen LogP contribution >= 0.6 is 11.3 Å². The Labute approximate surface area is 199 Å². The first-order valence-electron chi connectivity index (χ1n) is 11.6. The third-order valence-corrected chi connectivity index (χ3v) is 7.68. The maximum absolute atomic E-state index is 13.6. The van der Waals surface area contributed by atoms with Crippen molar-refractivity contribution in [2.75, 3.05) is 26.2 Å². The van der Waals surface area contributed by atoms with Crippen LogP contribution in [0.2, 0.25) is 0 Å². The van der Waals surface area contributed by atoms with Crippen LogP contribution in [0.15, 0.2) is 35.6 Å². The predicted molar refractivity (Wildman–Crippen MR) is 131 cm³/mol. The molecule has 1 atom stereocenters. The van der Waals surface area contributed by atoms with Crippen molar-refractivity contribution in [2.24, 2.45) is 0 Å². The van der Waals surface area contributed by atoms with Gasteiger partial charge in [0.15, 0.2) is 5.76 Å². The molecule has 0 aliphatic carbocycles. The maximum atomic E-state index is 13.6. The first-order valence-corrected chi connectivity index (χ1v) is 12.4. The van der Waals surface area contributed by atoms with Gasteiger partial charge in [0.1, 0.15) is 0 Å². The van der Waals surface area contributed by atoms with Crippen molar-refractivity contribution in [2.45, 2.75) is 58.9 Å². The Hall–Kier alpha value is -2.51. The summed E-state index contributed by atoms with van der Waals surface area (Å²) < 4.78 is 0. The van der Waals surface area contributed by atoms with Crippen molar-refractivity contribution in [1.82, 2.24) is 14.8 Å². The maximum Gasteiger partial charge on any atom is 0.290 e. The summed E-state index contributed by atoms with van der Waals surface area (Å²) in [6, 6.07) is 7.47. The van der Waals surface area contributed by atoms with Crippen LogP contribution in [0.3, 0.4) is 0 Å². The number of likely N-dealkylation sites (tertiary alicyclic amines) is 1. The van der Waals surface area contributed by atoms with Crippen LogP contribution in [0.4, 0.5) is 0 Å². The van der Waals surface area contributed by atoms with Gasteiger partial charge in [-0.1, -0.05) is 45.0 Å². The molecule has 2 aliphatic heterocycles. The Morgan fingerprint density at radius 1 is 1.12 bits per heavy atom. The van der Waals surface area contributed by atoms with Crippen LogP contribution in [0.1, 0.15) is 71.2 Å². The van der Waals surface area contributed by atoms with E-state index in [4.69, 9.17) is 0 Å². The molecule has 0 radical (unpaired) electrons. The molecule has 1 fully saturated rings. The highest BCUT2D eigenvalue weighted by Crippen LogP contribution is 2.40. The lowest BCUT2D eigenvalue weighted by Crippen LogP contribution is -2.38. The molecular weight excluding hydrogens is 434 g/mol. The quantitative estimate of drug-likeness (QED) is 0.622. The highest BCUT2D eigenvalue weighted by molar-refractivity contribution is 7.14. The number of aliphatic hydroxyl groups excluding tert-OH is 1. The highest BCUT2D eigenvalue weighted by atomic mass is 32.1. The van der Waals surface area contributed by atoms with Crippen LogP contribution in [-0.4, -0.2) is 57.8 Å². The zero-order valence-corrected chi connectivity index (χ0v) is 21.0. The minimum absolute atomic E-state index is 0.00658. The van der Waals surface area contributed by atoms with Crippen LogP contribution in [-0.2, 0) is 10.2 Å². The van der Waals surface area contributed by atoms with Gasteiger partial charge < -0.3 is 14.9 Å². The fourth-order valence-electron chi connectivity index (χ4n) is 4.75. The van der Waals surface area contributed by atoms with E-state index >= 15 is 0 Å². The molecule has 3 heterocycles. The largest absolute Gasteiger partial charge is 0.503 e. The third kappa shape index (κ3) is 4.62. The van der Waals surface area contributed by atoms with Gasteiger partial charge >= 0.3 is 0 Å². The number of hydrogen-bond donors (Lipinski definition) is 1. The number of rotatable bonds is 6. The van der Waals surface area contributed by atoms with E-state index in [9.17, 15) is 14.7 Å². The molecule has 1 aromatic carbocycles. The van der Waals surface area contributed by atoms with E-state index in [1.165, 1.54) is 29.7 Å². The van der Waals surface area contributed by atoms with Crippen molar-refractivity contribution in [3.8, 4) is 0 Å². The first kappa shape index (κ1) is 23.6. The number of aromatic nitrogens is 1. The SMILES string of the molecule is Cc1nc(C)c(C(=O)C2=C(O)C(=O)N(CCN3CCCC3)C2c2ccc(C(C)(C)C)cc2)s1. The summed E-state index contributed by atoms with van der Waals surface area (Å²) in [4.78, 5) is 35.7. The fourth-order valence-corrected chi connectivity index (χ4v) is 5.62. The number of ketones is 1. The number of thiazole rings is 1. The van der Waals surface area contributed by atoms with Gasteiger partial charge in [-0.25, -0.2) is 4.98 Å². The van der Waals surface area contributed by atoms with Crippen molar-refractivity contribution >= 4 is 23.0 Å². The lowest BCUT2D eigenvalue weighted by atomic mass is 9.85. The van der Waals surface area contributed by atoms with Gasteiger partial charge in [0.05, 0.1) is 27.2 Å². The molecule has 0 bridgehead atoms. The summed E-state index contributed by atoms with van der Waals surface area (Å²) in [7, 11) is 0. The Balaban J connectivity index is 1.73. The molecule has 0 saturated carbocycles. The van der Waals surface area contributed by atoms with Gasteiger partial charge in [-0.05, 0) is 56.3 Å². The standard InChI is InChI=1S/C26H33N3O3S/c1-16-24(33-17(2)27-16)22(30)20-21(18-8-10-19(11-9-18)26(3,4)5)29(25(32)23(20)31)15-14-28-12-6-7-13-28/h8-11,21,31H,6-7,12-15H2,1-5H3. The second-order valence-corrected chi connectivity index (χ2v) is 11.3. The second-order valence-electron chi connectivity index (χ2n) is 10.1. The second kappa shape index (κ2) is 9.03. The Morgan fingerprint density at radius 2 is 1.76 bits per heavy atom. The lowest BCUT2D eigenvalue weighted by molar-refractivity contribution is -0.129. The number of carbonyl (C=O) groups excluding carboxylic acids is 2. The van der Waals surface area contributed by atoms with Crippen molar-refractivity contribution in [3.63, 3.8) is 0 Å². The molecule has 33 heavy (non-hydrogen) atoms. The number of Topliss-reactive ketones (excluding diaryl/α,β-unsaturated/α-hetero) is 1. The number of aliphatic hydroxyl groups is 1. The van der Waals surface area contributed by atoms with Gasteiger partial charge in [0.2, 0.25) is 5.78 Å². The van der Waals surface area contributed by atoms with Gasteiger partial charge in [0.25, 0.3) is 5.91 Å². The number of benzene rings is 1. The topological polar surface area (TPSA) is 73.7 Å². The number of amides is 1. The normalized spacial score (nSPS) is 19.7. The van der Waals surface area contributed by atoms with Gasteiger partial charge in [-0.3, -0.25) is 9.59 Å². The Bertz CT molecular complexity index is 1090. The smallest absolute Gasteiger partial charge is 0.290 e. The summed E-state index contributed by atoms with van der Waals surface area (Å²) in [5.41, 5.74) is 2.80. The summed E-state index contributed by atoms with van der Waals surface area (Å²) in [5, 5.41) is 11.7. The third-order valence-electron chi connectivity index (χ3n) is 6.61. The molecule has 1 N–H and O–H groups in total. The summed E-state index contributed by atoms with van der Waals surface area (Å²) in [6.07, 6.45) is 2.34. The fraction of sp³-hybridized carbons (Fsp3) is 0.500. The van der Waals surface area contributed by atoms with Gasteiger partial charge in [-0.2, -0.15) is 0 Å². The molecule has 1 aromatic heterocycles. The van der Waals surface area contributed by atoms with Gasteiger partial charge in [-0.15, -0.1) is 11.3 Å². The average molecular weight is 468 g/mol. The van der Waals surface area contributed by atoms with E-state index in [1.54, 1.807) is 11.8 Å².